The van der Waals surface area contributed by atoms with E-state index in [0.29, 0.717) is 24.0 Å². The van der Waals surface area contributed by atoms with Crippen LogP contribution in [0.5, 0.6) is 5.75 Å². The third kappa shape index (κ3) is 4.44. The first-order chi connectivity index (χ1) is 12.7. The molecule has 3 aromatic carbocycles. The third-order valence-electron chi connectivity index (χ3n) is 3.92. The lowest BCUT2D eigenvalue weighted by atomic mass is 10.1. The summed E-state index contributed by atoms with van der Waals surface area (Å²) in [7, 11) is 0. The number of carbonyl (C=O) groups is 1. The van der Waals surface area contributed by atoms with Crippen LogP contribution in [-0.4, -0.2) is 12.6 Å². The summed E-state index contributed by atoms with van der Waals surface area (Å²) in [6.07, 6.45) is 3.05. The highest BCUT2D eigenvalue weighted by atomic mass is 35.5. The van der Waals surface area contributed by atoms with Crippen LogP contribution < -0.4 is 4.74 Å². The van der Waals surface area contributed by atoms with Gasteiger partial charge in [0, 0.05) is 6.08 Å². The predicted molar refractivity (Wildman–Crippen MR) is 105 cm³/mol. The van der Waals surface area contributed by atoms with Crippen molar-refractivity contribution >= 4 is 34.4 Å². The molecule has 0 aliphatic rings. The van der Waals surface area contributed by atoms with Gasteiger partial charge < -0.3 is 9.47 Å². The van der Waals surface area contributed by atoms with Gasteiger partial charge in [-0.3, -0.25) is 0 Å². The Balaban J connectivity index is 1.71. The van der Waals surface area contributed by atoms with E-state index in [1.165, 1.54) is 16.8 Å². The second-order valence-electron chi connectivity index (χ2n) is 5.70. The molecule has 0 saturated heterocycles. The monoisotopic (exact) mass is 366 g/mol. The summed E-state index contributed by atoms with van der Waals surface area (Å²) in [5, 5.41) is 2.84. The van der Waals surface area contributed by atoms with Crippen molar-refractivity contribution in [3.8, 4) is 5.75 Å². The first-order valence-corrected chi connectivity index (χ1v) is 8.79. The molecule has 0 radical (unpaired) electrons. The smallest absolute Gasteiger partial charge is 0.330 e. The number of hydrogen-bond donors (Lipinski definition) is 0. The Morgan fingerprint density at radius 3 is 2.69 bits per heavy atom. The fourth-order valence-corrected chi connectivity index (χ4v) is 2.91. The summed E-state index contributed by atoms with van der Waals surface area (Å²) in [5.41, 5.74) is 1.91. The number of benzene rings is 3. The largest absolute Gasteiger partial charge is 0.487 e. The minimum absolute atomic E-state index is 0.352. The molecule has 0 unspecified atom stereocenters. The van der Waals surface area contributed by atoms with Crippen molar-refractivity contribution in [1.82, 2.24) is 0 Å². The highest BCUT2D eigenvalue weighted by Gasteiger charge is 2.05. The molecule has 0 aromatic heterocycles. The van der Waals surface area contributed by atoms with Gasteiger partial charge in [-0.15, -0.1) is 0 Å². The molecule has 0 heterocycles. The molecule has 3 aromatic rings. The molecule has 132 valence electrons. The third-order valence-corrected chi connectivity index (χ3v) is 4.21. The molecule has 0 aliphatic heterocycles. The molecule has 4 heteroatoms. The maximum Gasteiger partial charge on any atom is 0.330 e. The summed E-state index contributed by atoms with van der Waals surface area (Å²) in [4.78, 5) is 11.4. The molecule has 0 N–H and O–H groups in total. The van der Waals surface area contributed by atoms with E-state index in [1.54, 1.807) is 25.1 Å². The zero-order valence-electron chi connectivity index (χ0n) is 14.4. The summed E-state index contributed by atoms with van der Waals surface area (Å²) >= 11 is 6.32. The van der Waals surface area contributed by atoms with E-state index in [2.05, 4.69) is 18.2 Å². The van der Waals surface area contributed by atoms with Crippen LogP contribution in [0, 0.1) is 0 Å². The number of ether oxygens (including phenoxy) is 2. The second kappa shape index (κ2) is 8.54. The van der Waals surface area contributed by atoms with Crippen LogP contribution in [0.25, 0.3) is 16.8 Å². The Bertz CT molecular complexity index is 942. The van der Waals surface area contributed by atoms with Crippen LogP contribution in [-0.2, 0) is 16.1 Å². The number of rotatable bonds is 6. The van der Waals surface area contributed by atoms with Gasteiger partial charge in [-0.1, -0.05) is 60.1 Å². The summed E-state index contributed by atoms with van der Waals surface area (Å²) in [6.45, 7) is 2.55. The average Bonchev–Trinajstić information content (AvgIpc) is 2.66. The lowest BCUT2D eigenvalue weighted by Crippen LogP contribution is -1.99. The van der Waals surface area contributed by atoms with E-state index in [4.69, 9.17) is 21.1 Å². The van der Waals surface area contributed by atoms with Crippen LogP contribution in [0.3, 0.4) is 0 Å². The fourth-order valence-electron chi connectivity index (χ4n) is 2.67. The van der Waals surface area contributed by atoms with Gasteiger partial charge in [0.2, 0.25) is 0 Å². The van der Waals surface area contributed by atoms with Crippen molar-refractivity contribution in [2.45, 2.75) is 13.5 Å². The zero-order valence-corrected chi connectivity index (χ0v) is 15.2. The Labute approximate surface area is 157 Å². The van der Waals surface area contributed by atoms with Gasteiger partial charge in [0.25, 0.3) is 0 Å². The molecule has 26 heavy (non-hydrogen) atoms. The van der Waals surface area contributed by atoms with Crippen molar-refractivity contribution < 1.29 is 14.3 Å². The van der Waals surface area contributed by atoms with Crippen molar-refractivity contribution in [3.05, 3.63) is 82.9 Å². The van der Waals surface area contributed by atoms with Crippen molar-refractivity contribution in [3.63, 3.8) is 0 Å². The molecule has 0 amide bonds. The molecule has 3 nitrogen and oxygen atoms in total. The normalized spacial score (nSPS) is 11.0. The predicted octanol–water partition coefficient (Wildman–Crippen LogP) is 5.65. The van der Waals surface area contributed by atoms with Gasteiger partial charge >= 0.3 is 5.97 Å². The van der Waals surface area contributed by atoms with E-state index < -0.39 is 0 Å². The molecule has 0 atom stereocenters. The van der Waals surface area contributed by atoms with Gasteiger partial charge in [0.15, 0.2) is 0 Å². The fraction of sp³-hybridized carbons (Fsp3) is 0.136. The first-order valence-electron chi connectivity index (χ1n) is 8.41. The number of hydrogen-bond acceptors (Lipinski definition) is 3. The molecule has 0 saturated carbocycles. The van der Waals surface area contributed by atoms with Gasteiger partial charge in [0.1, 0.15) is 12.4 Å². The molecular formula is C22H19ClO3. The average molecular weight is 367 g/mol. The minimum Gasteiger partial charge on any atom is -0.487 e. The second-order valence-corrected chi connectivity index (χ2v) is 6.11. The van der Waals surface area contributed by atoms with Crippen LogP contribution in [0.2, 0.25) is 5.02 Å². The van der Waals surface area contributed by atoms with E-state index in [1.807, 2.05) is 30.3 Å². The molecule has 0 fully saturated rings. The van der Waals surface area contributed by atoms with Gasteiger partial charge in [0.05, 0.1) is 11.6 Å². The maximum absolute atomic E-state index is 11.4. The Morgan fingerprint density at radius 1 is 1.08 bits per heavy atom. The Kier molecular flexibility index (Phi) is 5.92. The molecule has 0 aliphatic carbocycles. The van der Waals surface area contributed by atoms with E-state index in [-0.39, 0.29) is 5.97 Å². The number of carbonyl (C=O) groups excluding carboxylic acids is 1. The highest BCUT2D eigenvalue weighted by Crippen LogP contribution is 2.28. The van der Waals surface area contributed by atoms with Gasteiger partial charge in [-0.2, -0.15) is 0 Å². The standard InChI is InChI=1S/C22H19ClO3/c1-2-25-22(24)13-11-16-10-12-21(20(23)14-16)26-15-18-8-5-7-17-6-3-4-9-19(17)18/h3-14H,2,15H2,1H3/b13-11+. The lowest BCUT2D eigenvalue weighted by molar-refractivity contribution is -0.137. The van der Waals surface area contributed by atoms with Gasteiger partial charge in [-0.25, -0.2) is 4.79 Å². The molecule has 3 rings (SSSR count). The lowest BCUT2D eigenvalue weighted by Gasteiger charge is -2.11. The van der Waals surface area contributed by atoms with Crippen LogP contribution >= 0.6 is 11.6 Å². The van der Waals surface area contributed by atoms with Crippen LogP contribution in [0.4, 0.5) is 0 Å². The topological polar surface area (TPSA) is 35.5 Å². The number of fused-ring (bicyclic) bond motifs is 1. The quantitative estimate of drug-likeness (QED) is 0.418. The first kappa shape index (κ1) is 18.0. The summed E-state index contributed by atoms with van der Waals surface area (Å²) < 4.78 is 10.8. The summed E-state index contributed by atoms with van der Waals surface area (Å²) in [5.74, 6) is 0.229. The maximum atomic E-state index is 11.4. The zero-order chi connectivity index (χ0) is 18.4. The molecule has 0 bridgehead atoms. The van der Waals surface area contributed by atoms with Crippen molar-refractivity contribution in [2.24, 2.45) is 0 Å². The Morgan fingerprint density at radius 2 is 1.88 bits per heavy atom. The number of esters is 1. The van der Waals surface area contributed by atoms with Gasteiger partial charge in [-0.05, 0) is 47.0 Å². The molecular weight excluding hydrogens is 348 g/mol. The van der Waals surface area contributed by atoms with Crippen molar-refractivity contribution in [2.75, 3.05) is 6.61 Å². The highest BCUT2D eigenvalue weighted by molar-refractivity contribution is 6.32. The van der Waals surface area contributed by atoms with E-state index in [0.717, 1.165) is 11.1 Å². The van der Waals surface area contributed by atoms with Crippen LogP contribution in [0.1, 0.15) is 18.1 Å². The van der Waals surface area contributed by atoms with Crippen LogP contribution in [0.15, 0.2) is 66.7 Å². The minimum atomic E-state index is -0.375. The SMILES string of the molecule is CCOC(=O)/C=C/c1ccc(OCc2cccc3ccccc23)c(Cl)c1. The van der Waals surface area contributed by atoms with E-state index >= 15 is 0 Å². The number of halogens is 1. The summed E-state index contributed by atoms with van der Waals surface area (Å²) in [6, 6.07) is 19.8. The Hall–Kier alpha value is -2.78. The molecule has 0 spiro atoms. The van der Waals surface area contributed by atoms with Crippen molar-refractivity contribution in [1.29, 1.82) is 0 Å². The van der Waals surface area contributed by atoms with E-state index in [9.17, 15) is 4.79 Å².